The Morgan fingerprint density at radius 1 is 1.40 bits per heavy atom. The van der Waals surface area contributed by atoms with Gasteiger partial charge in [-0.3, -0.25) is 4.98 Å². The maximum absolute atomic E-state index is 5.92. The van der Waals surface area contributed by atoms with Gasteiger partial charge >= 0.3 is 0 Å². The van der Waals surface area contributed by atoms with Crippen LogP contribution in [0.4, 0.5) is 17.1 Å². The fourth-order valence-corrected chi connectivity index (χ4v) is 2.14. The van der Waals surface area contributed by atoms with Gasteiger partial charge in [0.25, 0.3) is 0 Å². The third kappa shape index (κ3) is 3.63. The van der Waals surface area contributed by atoms with E-state index in [1.165, 1.54) is 0 Å². The Kier molecular flexibility index (Phi) is 4.84. The van der Waals surface area contributed by atoms with Gasteiger partial charge in [0.2, 0.25) is 0 Å². The molecule has 2 aromatic rings. The zero-order chi connectivity index (χ0) is 14.5. The third-order valence-corrected chi connectivity index (χ3v) is 3.55. The van der Waals surface area contributed by atoms with E-state index < -0.39 is 0 Å². The number of pyridine rings is 1. The van der Waals surface area contributed by atoms with Crippen molar-refractivity contribution in [3.8, 4) is 5.75 Å². The first-order chi connectivity index (χ1) is 9.60. The number of anilines is 3. The monoisotopic (exact) mass is 335 g/mol. The molecule has 1 atom stereocenters. The summed E-state index contributed by atoms with van der Waals surface area (Å²) in [5, 5.41) is 3.28. The fraction of sp³-hybridized carbons (Fsp3) is 0.267. The number of aromatic nitrogens is 1. The van der Waals surface area contributed by atoms with Gasteiger partial charge in [0.05, 0.1) is 28.1 Å². The van der Waals surface area contributed by atoms with Crippen LogP contribution in [0.3, 0.4) is 0 Å². The van der Waals surface area contributed by atoms with E-state index in [1.54, 1.807) is 12.4 Å². The molecule has 0 aliphatic rings. The molecule has 0 fully saturated rings. The molecule has 5 heteroatoms. The van der Waals surface area contributed by atoms with Crippen LogP contribution in [-0.4, -0.2) is 11.1 Å². The zero-order valence-electron chi connectivity index (χ0n) is 11.6. The lowest BCUT2D eigenvalue weighted by Crippen LogP contribution is -2.09. The highest BCUT2D eigenvalue weighted by Gasteiger charge is 2.07. The minimum Gasteiger partial charge on any atom is -0.491 e. The van der Waals surface area contributed by atoms with Gasteiger partial charge in [0.1, 0.15) is 5.75 Å². The Hall–Kier alpha value is -1.75. The average molecular weight is 336 g/mol. The van der Waals surface area contributed by atoms with Crippen molar-refractivity contribution in [2.24, 2.45) is 0 Å². The molecule has 0 spiro atoms. The maximum atomic E-state index is 5.92. The molecule has 3 N–H and O–H groups in total. The first-order valence-electron chi connectivity index (χ1n) is 6.53. The van der Waals surface area contributed by atoms with Crippen molar-refractivity contribution >= 4 is 33.0 Å². The van der Waals surface area contributed by atoms with Crippen molar-refractivity contribution < 1.29 is 4.74 Å². The molecule has 1 heterocycles. The summed E-state index contributed by atoms with van der Waals surface area (Å²) in [5.74, 6) is 0.841. The molecule has 106 valence electrons. The van der Waals surface area contributed by atoms with Crippen LogP contribution in [-0.2, 0) is 0 Å². The first-order valence-corrected chi connectivity index (χ1v) is 7.32. The van der Waals surface area contributed by atoms with Crippen molar-refractivity contribution in [3.05, 3.63) is 41.1 Å². The number of rotatable bonds is 5. The Bertz CT molecular complexity index is 569. The molecular weight excluding hydrogens is 318 g/mol. The van der Waals surface area contributed by atoms with Gasteiger partial charge in [0, 0.05) is 18.0 Å². The van der Waals surface area contributed by atoms with E-state index in [1.807, 2.05) is 24.3 Å². The van der Waals surface area contributed by atoms with Crippen LogP contribution in [0.2, 0.25) is 0 Å². The molecule has 0 aliphatic heterocycles. The highest BCUT2D eigenvalue weighted by atomic mass is 79.9. The number of nitrogens with zero attached hydrogens (tertiary/aromatic N) is 1. The second-order valence-electron chi connectivity index (χ2n) is 4.58. The summed E-state index contributed by atoms with van der Waals surface area (Å²) >= 11 is 3.44. The summed E-state index contributed by atoms with van der Waals surface area (Å²) in [7, 11) is 0. The van der Waals surface area contributed by atoms with Crippen LogP contribution < -0.4 is 15.8 Å². The lowest BCUT2D eigenvalue weighted by Gasteiger charge is -2.15. The molecular formula is C15H18BrN3O. The van der Waals surface area contributed by atoms with Crippen molar-refractivity contribution in [1.29, 1.82) is 0 Å². The number of hydrogen-bond acceptors (Lipinski definition) is 4. The highest BCUT2D eigenvalue weighted by molar-refractivity contribution is 9.10. The molecule has 20 heavy (non-hydrogen) atoms. The van der Waals surface area contributed by atoms with E-state index >= 15 is 0 Å². The van der Waals surface area contributed by atoms with Crippen LogP contribution >= 0.6 is 15.9 Å². The number of halogens is 1. The number of benzene rings is 1. The molecule has 4 nitrogen and oxygen atoms in total. The summed E-state index contributed by atoms with van der Waals surface area (Å²) in [4.78, 5) is 4.02. The summed E-state index contributed by atoms with van der Waals surface area (Å²) < 4.78 is 6.63. The molecule has 2 rings (SSSR count). The van der Waals surface area contributed by atoms with E-state index in [0.717, 1.165) is 28.0 Å². The van der Waals surface area contributed by atoms with Gasteiger partial charge in [-0.25, -0.2) is 0 Å². The maximum Gasteiger partial charge on any atom is 0.121 e. The molecule has 1 aromatic carbocycles. The molecule has 1 unspecified atom stereocenters. The number of hydrogen-bond donors (Lipinski definition) is 2. The molecule has 0 aliphatic carbocycles. The second kappa shape index (κ2) is 6.61. The Labute approximate surface area is 127 Å². The topological polar surface area (TPSA) is 60.2 Å². The van der Waals surface area contributed by atoms with Crippen molar-refractivity contribution in [3.63, 3.8) is 0 Å². The van der Waals surface area contributed by atoms with Gasteiger partial charge in [-0.2, -0.15) is 0 Å². The predicted octanol–water partition coefficient (Wildman–Crippen LogP) is 4.35. The minimum absolute atomic E-state index is 0.197. The molecule has 0 saturated carbocycles. The van der Waals surface area contributed by atoms with Gasteiger partial charge in [-0.1, -0.05) is 13.0 Å². The van der Waals surface area contributed by atoms with E-state index in [4.69, 9.17) is 10.5 Å². The number of nitrogens with two attached hydrogens (primary N) is 1. The molecule has 0 amide bonds. The molecule has 0 bridgehead atoms. The standard InChI is InChI=1S/C15H18BrN3O/c1-3-10(2)20-12-6-4-5-11(7-12)19-15-13(16)8-18-9-14(15)17/h4-10H,3,17H2,1-2H3,(H,18,19). The van der Waals surface area contributed by atoms with Gasteiger partial charge in [0.15, 0.2) is 0 Å². The van der Waals surface area contributed by atoms with E-state index in [9.17, 15) is 0 Å². The Morgan fingerprint density at radius 3 is 2.90 bits per heavy atom. The van der Waals surface area contributed by atoms with Crippen LogP contribution in [0, 0.1) is 0 Å². The van der Waals surface area contributed by atoms with E-state index in [0.29, 0.717) is 5.69 Å². The van der Waals surface area contributed by atoms with Gasteiger partial charge in [-0.05, 0) is 41.4 Å². The zero-order valence-corrected chi connectivity index (χ0v) is 13.1. The number of nitrogen functional groups attached to an aromatic ring is 1. The van der Waals surface area contributed by atoms with E-state index in [2.05, 4.69) is 40.1 Å². The van der Waals surface area contributed by atoms with Crippen LogP contribution in [0.15, 0.2) is 41.1 Å². The first kappa shape index (κ1) is 14.7. The average Bonchev–Trinajstić information content (AvgIpc) is 2.43. The lowest BCUT2D eigenvalue weighted by molar-refractivity contribution is 0.217. The number of ether oxygens (including phenoxy) is 1. The largest absolute Gasteiger partial charge is 0.491 e. The van der Waals surface area contributed by atoms with Crippen molar-refractivity contribution in [2.75, 3.05) is 11.1 Å². The Morgan fingerprint density at radius 2 is 2.20 bits per heavy atom. The van der Waals surface area contributed by atoms with Gasteiger partial charge in [-0.15, -0.1) is 0 Å². The van der Waals surface area contributed by atoms with Crippen LogP contribution in [0.25, 0.3) is 0 Å². The Balaban J connectivity index is 2.20. The molecule has 0 saturated heterocycles. The highest BCUT2D eigenvalue weighted by Crippen LogP contribution is 2.31. The number of nitrogens with one attached hydrogen (secondary N) is 1. The normalized spacial score (nSPS) is 11.9. The second-order valence-corrected chi connectivity index (χ2v) is 5.43. The fourth-order valence-electron chi connectivity index (χ4n) is 1.69. The van der Waals surface area contributed by atoms with Crippen molar-refractivity contribution in [1.82, 2.24) is 4.98 Å². The summed E-state index contributed by atoms with van der Waals surface area (Å²) in [6.45, 7) is 4.15. The predicted molar refractivity (Wildman–Crippen MR) is 86.5 cm³/mol. The quantitative estimate of drug-likeness (QED) is 0.852. The van der Waals surface area contributed by atoms with Crippen LogP contribution in [0.1, 0.15) is 20.3 Å². The summed E-state index contributed by atoms with van der Waals surface area (Å²) in [6.07, 6.45) is 4.49. The lowest BCUT2D eigenvalue weighted by atomic mass is 10.2. The van der Waals surface area contributed by atoms with Crippen molar-refractivity contribution in [2.45, 2.75) is 26.4 Å². The van der Waals surface area contributed by atoms with Gasteiger partial charge < -0.3 is 15.8 Å². The third-order valence-electron chi connectivity index (χ3n) is 2.94. The minimum atomic E-state index is 0.197. The SMILES string of the molecule is CCC(C)Oc1cccc(Nc2c(N)cncc2Br)c1. The molecule has 1 aromatic heterocycles. The smallest absolute Gasteiger partial charge is 0.121 e. The summed E-state index contributed by atoms with van der Waals surface area (Å²) in [5.41, 5.74) is 8.24. The van der Waals surface area contributed by atoms with Crippen LogP contribution in [0.5, 0.6) is 5.75 Å². The molecule has 0 radical (unpaired) electrons. The van der Waals surface area contributed by atoms with E-state index in [-0.39, 0.29) is 6.10 Å². The summed E-state index contributed by atoms with van der Waals surface area (Å²) in [6, 6.07) is 7.82.